The van der Waals surface area contributed by atoms with E-state index in [0.29, 0.717) is 5.06 Å². The molecule has 1 aliphatic heterocycles. The van der Waals surface area contributed by atoms with Crippen molar-refractivity contribution in [2.24, 2.45) is 5.73 Å². The number of hydroxylamine groups is 2. The molecule has 5 nitrogen and oxygen atoms in total. The molecule has 0 fully saturated rings. The van der Waals surface area contributed by atoms with Gasteiger partial charge in [-0.3, -0.25) is 14.4 Å². The second kappa shape index (κ2) is 3.27. The van der Waals surface area contributed by atoms with Crippen molar-refractivity contribution in [1.29, 1.82) is 0 Å². The predicted molar refractivity (Wildman–Crippen MR) is 36.0 cm³/mol. The van der Waals surface area contributed by atoms with E-state index in [1.54, 1.807) is 0 Å². The number of nitrogens with zero attached hydrogens (tertiary/aromatic N) is 1. The van der Waals surface area contributed by atoms with E-state index in [9.17, 15) is 9.59 Å². The molecule has 0 saturated carbocycles. The van der Waals surface area contributed by atoms with Gasteiger partial charge in [-0.15, -0.1) is 5.06 Å². The van der Waals surface area contributed by atoms with Crippen LogP contribution in [0.15, 0.2) is 12.2 Å². The monoisotopic (exact) mass is 156 g/mol. The molecule has 1 rings (SSSR count). The molecule has 0 atom stereocenters. The van der Waals surface area contributed by atoms with Crippen LogP contribution in [0, 0.1) is 0 Å². The summed E-state index contributed by atoms with van der Waals surface area (Å²) in [4.78, 5) is 26.2. The maximum Gasteiger partial charge on any atom is 0.277 e. The van der Waals surface area contributed by atoms with Crippen LogP contribution in [0.3, 0.4) is 0 Å². The quantitative estimate of drug-likeness (QED) is 0.521. The van der Waals surface area contributed by atoms with Gasteiger partial charge in [-0.05, 0) is 0 Å². The fourth-order valence-electron chi connectivity index (χ4n) is 0.658. The van der Waals surface area contributed by atoms with E-state index in [1.165, 1.54) is 0 Å². The molecule has 2 N–H and O–H groups in total. The van der Waals surface area contributed by atoms with E-state index in [2.05, 4.69) is 0 Å². The van der Waals surface area contributed by atoms with Crippen molar-refractivity contribution >= 4 is 11.8 Å². The average Bonchev–Trinajstić information content (AvgIpc) is 2.29. The van der Waals surface area contributed by atoms with Crippen molar-refractivity contribution in [2.45, 2.75) is 0 Å². The Balaban J connectivity index is 2.46. The Morgan fingerprint density at radius 2 is 1.91 bits per heavy atom. The van der Waals surface area contributed by atoms with Gasteiger partial charge in [-0.1, -0.05) is 0 Å². The lowest BCUT2D eigenvalue weighted by Crippen LogP contribution is -2.32. The zero-order valence-electron chi connectivity index (χ0n) is 5.82. The first-order chi connectivity index (χ1) is 5.25. The third-order valence-electron chi connectivity index (χ3n) is 1.11. The molecule has 11 heavy (non-hydrogen) atoms. The smallest absolute Gasteiger partial charge is 0.277 e. The summed E-state index contributed by atoms with van der Waals surface area (Å²) in [6.07, 6.45) is 2.30. The van der Waals surface area contributed by atoms with Gasteiger partial charge >= 0.3 is 0 Å². The van der Waals surface area contributed by atoms with Crippen molar-refractivity contribution in [2.75, 3.05) is 13.2 Å². The van der Waals surface area contributed by atoms with Gasteiger partial charge in [-0.25, -0.2) is 0 Å². The van der Waals surface area contributed by atoms with Gasteiger partial charge in [0, 0.05) is 18.7 Å². The summed E-state index contributed by atoms with van der Waals surface area (Å²) in [6, 6.07) is 0. The Kier molecular flexibility index (Phi) is 2.35. The topological polar surface area (TPSA) is 72.6 Å². The lowest BCUT2D eigenvalue weighted by Gasteiger charge is -2.11. The summed E-state index contributed by atoms with van der Waals surface area (Å²) in [5, 5.41) is 0.687. The van der Waals surface area contributed by atoms with Crippen LogP contribution in [-0.4, -0.2) is 30.0 Å². The Bertz CT molecular complexity index is 194. The Morgan fingerprint density at radius 1 is 1.36 bits per heavy atom. The van der Waals surface area contributed by atoms with Crippen molar-refractivity contribution in [3.8, 4) is 0 Å². The molecule has 0 spiro atoms. The van der Waals surface area contributed by atoms with Crippen LogP contribution in [0.25, 0.3) is 0 Å². The highest BCUT2D eigenvalue weighted by Gasteiger charge is 2.23. The normalized spacial score (nSPS) is 16.6. The molecule has 0 aromatic carbocycles. The minimum absolute atomic E-state index is 0.166. The average molecular weight is 156 g/mol. The van der Waals surface area contributed by atoms with Crippen LogP contribution in [0.5, 0.6) is 0 Å². The maximum atomic E-state index is 10.7. The molecule has 0 radical (unpaired) electrons. The minimum Gasteiger partial charge on any atom is -0.328 e. The number of rotatable bonds is 3. The van der Waals surface area contributed by atoms with Crippen LogP contribution in [0.1, 0.15) is 0 Å². The first-order valence-electron chi connectivity index (χ1n) is 3.15. The van der Waals surface area contributed by atoms with Crippen molar-refractivity contribution in [3.05, 3.63) is 12.2 Å². The van der Waals surface area contributed by atoms with E-state index in [1.807, 2.05) is 0 Å². The molecule has 1 heterocycles. The van der Waals surface area contributed by atoms with Crippen LogP contribution in [0.4, 0.5) is 0 Å². The lowest BCUT2D eigenvalue weighted by atomic mass is 10.6. The highest BCUT2D eigenvalue weighted by molar-refractivity contribution is 6.11. The highest BCUT2D eigenvalue weighted by atomic mass is 16.7. The fourth-order valence-corrected chi connectivity index (χ4v) is 0.658. The number of hydrogen-bond acceptors (Lipinski definition) is 4. The van der Waals surface area contributed by atoms with Crippen molar-refractivity contribution in [1.82, 2.24) is 5.06 Å². The summed E-state index contributed by atoms with van der Waals surface area (Å²) < 4.78 is 0. The largest absolute Gasteiger partial charge is 0.328 e. The first kappa shape index (κ1) is 7.90. The van der Waals surface area contributed by atoms with E-state index >= 15 is 0 Å². The van der Waals surface area contributed by atoms with Gasteiger partial charge in [0.25, 0.3) is 11.8 Å². The number of hydrogen-bond donors (Lipinski definition) is 1. The summed E-state index contributed by atoms with van der Waals surface area (Å²) in [5.41, 5.74) is 5.10. The molecular weight excluding hydrogens is 148 g/mol. The summed E-state index contributed by atoms with van der Waals surface area (Å²) in [6.45, 7) is 0.441. The highest BCUT2D eigenvalue weighted by Crippen LogP contribution is 2.02. The zero-order valence-corrected chi connectivity index (χ0v) is 5.82. The molecule has 0 aromatic heterocycles. The third-order valence-corrected chi connectivity index (χ3v) is 1.11. The summed E-state index contributed by atoms with van der Waals surface area (Å²) in [5.74, 6) is -0.910. The van der Waals surface area contributed by atoms with Gasteiger partial charge in [-0.2, -0.15) is 0 Å². The SMILES string of the molecule is NCCON1C(=O)C=CC1=O. The lowest BCUT2D eigenvalue weighted by molar-refractivity contribution is -0.184. The van der Waals surface area contributed by atoms with Gasteiger partial charge in [0.05, 0.1) is 6.61 Å². The van der Waals surface area contributed by atoms with Gasteiger partial charge in [0.1, 0.15) is 0 Å². The molecule has 0 aromatic rings. The second-order valence-electron chi connectivity index (χ2n) is 1.93. The Hall–Kier alpha value is -1.20. The van der Waals surface area contributed by atoms with Gasteiger partial charge in [0.2, 0.25) is 0 Å². The Morgan fingerprint density at radius 3 is 2.36 bits per heavy atom. The predicted octanol–water partition coefficient (Wildman–Crippen LogP) is -1.20. The first-order valence-corrected chi connectivity index (χ1v) is 3.15. The Labute approximate surface area is 63.4 Å². The number of imide groups is 1. The number of amides is 2. The van der Waals surface area contributed by atoms with Crippen LogP contribution < -0.4 is 5.73 Å². The standard InChI is InChI=1S/C6H8N2O3/c7-3-4-11-8-5(9)1-2-6(8)10/h1-2H,3-4,7H2. The molecule has 60 valence electrons. The zero-order chi connectivity index (χ0) is 8.27. The number of carbonyl (C=O) groups excluding carboxylic acids is 2. The van der Waals surface area contributed by atoms with E-state index in [-0.39, 0.29) is 13.2 Å². The maximum absolute atomic E-state index is 10.7. The van der Waals surface area contributed by atoms with Crippen molar-refractivity contribution < 1.29 is 14.4 Å². The number of nitrogens with two attached hydrogens (primary N) is 1. The van der Waals surface area contributed by atoms with Crippen LogP contribution >= 0.6 is 0 Å². The van der Waals surface area contributed by atoms with E-state index in [4.69, 9.17) is 10.6 Å². The second-order valence-corrected chi connectivity index (χ2v) is 1.93. The van der Waals surface area contributed by atoms with Crippen LogP contribution in [0.2, 0.25) is 0 Å². The molecule has 0 bridgehead atoms. The van der Waals surface area contributed by atoms with Crippen LogP contribution in [-0.2, 0) is 14.4 Å². The fraction of sp³-hybridized carbons (Fsp3) is 0.333. The molecule has 0 saturated heterocycles. The van der Waals surface area contributed by atoms with E-state index < -0.39 is 11.8 Å². The third kappa shape index (κ3) is 1.63. The molecule has 2 amide bonds. The summed E-state index contributed by atoms with van der Waals surface area (Å²) >= 11 is 0. The molecule has 5 heteroatoms. The van der Waals surface area contributed by atoms with Crippen molar-refractivity contribution in [3.63, 3.8) is 0 Å². The molecular formula is C6H8N2O3. The molecule has 0 unspecified atom stereocenters. The number of carbonyl (C=O) groups is 2. The summed E-state index contributed by atoms with van der Waals surface area (Å²) in [7, 11) is 0. The molecule has 0 aliphatic carbocycles. The van der Waals surface area contributed by atoms with E-state index in [0.717, 1.165) is 12.2 Å². The molecule has 1 aliphatic rings. The van der Waals surface area contributed by atoms with Gasteiger partial charge in [0.15, 0.2) is 0 Å². The minimum atomic E-state index is -0.455. The van der Waals surface area contributed by atoms with Gasteiger partial charge < -0.3 is 5.73 Å².